The van der Waals surface area contributed by atoms with Crippen molar-refractivity contribution in [3.8, 4) is 5.75 Å². The van der Waals surface area contributed by atoms with Crippen molar-refractivity contribution in [2.24, 2.45) is 17.6 Å². The van der Waals surface area contributed by atoms with E-state index in [1.54, 1.807) is 25.1 Å². The largest absolute Gasteiger partial charge is 0.508 e. The standard InChI is InChI=1S/C31H33N5O9S/c1-35(2)18-11-17(34-30(46)33-14-7-5-12(6-8-14)29(43)44)23(37)20-15(18)9-13-10-16-22(36(3)4)25(39)21(28(32)42)27(41)31(16,45)26(40)19(13)24(20)38/h5-8,11,13,16,22,37-38,41,45H,9-10H2,1-4H3,(H2,32,42)(H,43,44)(H2,33,34,46)/t13-,16-,22-,31-/m0/s1. The number of thiocarbonyl (C=S) groups is 1. The van der Waals surface area contributed by atoms with Crippen molar-refractivity contribution in [1.29, 1.82) is 0 Å². The third kappa shape index (κ3) is 4.92. The molecule has 3 aliphatic rings. The van der Waals surface area contributed by atoms with Gasteiger partial charge >= 0.3 is 5.97 Å². The number of hydrogen-bond acceptors (Lipinski definition) is 11. The van der Waals surface area contributed by atoms with Crippen LogP contribution in [0.15, 0.2) is 47.2 Å². The van der Waals surface area contributed by atoms with Crippen LogP contribution < -0.4 is 21.3 Å². The molecule has 0 spiro atoms. The van der Waals surface area contributed by atoms with E-state index in [-0.39, 0.29) is 40.3 Å². The first-order chi connectivity index (χ1) is 21.5. The molecule has 0 heterocycles. The first-order valence-electron chi connectivity index (χ1n) is 14.1. The quantitative estimate of drug-likeness (QED) is 0.126. The van der Waals surface area contributed by atoms with E-state index in [2.05, 4.69) is 10.6 Å². The number of fused-ring (bicyclic) bond motifs is 3. The highest BCUT2D eigenvalue weighted by Crippen LogP contribution is 2.54. The van der Waals surface area contributed by atoms with Gasteiger partial charge in [0.2, 0.25) is 5.78 Å². The number of carboxylic acids is 1. The average molecular weight is 652 g/mol. The fourth-order valence-corrected chi connectivity index (χ4v) is 6.99. The third-order valence-electron chi connectivity index (χ3n) is 8.82. The number of aromatic carboxylic acids is 1. The Balaban J connectivity index is 1.60. The lowest BCUT2D eigenvalue weighted by Crippen LogP contribution is -2.65. The summed E-state index contributed by atoms with van der Waals surface area (Å²) in [6.07, 6.45) is 0.0859. The average Bonchev–Trinajstić information content (AvgIpc) is 2.96. The number of nitrogens with zero attached hydrogens (tertiary/aromatic N) is 2. The van der Waals surface area contributed by atoms with Gasteiger partial charge < -0.3 is 46.8 Å². The molecule has 4 atom stereocenters. The maximum absolute atomic E-state index is 14.1. The molecule has 5 rings (SSSR count). The lowest BCUT2D eigenvalue weighted by molar-refractivity contribution is -0.153. The molecule has 46 heavy (non-hydrogen) atoms. The predicted molar refractivity (Wildman–Crippen MR) is 172 cm³/mol. The number of rotatable bonds is 6. The van der Waals surface area contributed by atoms with Gasteiger partial charge in [0.25, 0.3) is 5.91 Å². The number of nitrogens with one attached hydrogen (secondary N) is 2. The minimum Gasteiger partial charge on any atom is -0.508 e. The Kier molecular flexibility index (Phi) is 8.05. The van der Waals surface area contributed by atoms with Crippen LogP contribution in [-0.4, -0.2) is 98.8 Å². The van der Waals surface area contributed by atoms with Crippen LogP contribution in [0.5, 0.6) is 5.75 Å². The second-order valence-electron chi connectivity index (χ2n) is 12.0. The Morgan fingerprint density at radius 2 is 1.67 bits per heavy atom. The Hall–Kier alpha value is -4.99. The number of nitrogens with two attached hydrogens (primary N) is 1. The van der Waals surface area contributed by atoms with Gasteiger partial charge in [0, 0.05) is 37.0 Å². The molecule has 14 nitrogen and oxygen atoms in total. The molecule has 1 amide bonds. The van der Waals surface area contributed by atoms with Gasteiger partial charge in [-0.2, -0.15) is 0 Å². The molecule has 0 bridgehead atoms. The summed E-state index contributed by atoms with van der Waals surface area (Å²) in [4.78, 5) is 54.0. The summed E-state index contributed by atoms with van der Waals surface area (Å²) in [5.74, 6) is -8.50. The number of carbonyl (C=O) groups is 4. The van der Waals surface area contributed by atoms with E-state index in [4.69, 9.17) is 23.1 Å². The van der Waals surface area contributed by atoms with E-state index < -0.39 is 69.8 Å². The molecule has 0 aliphatic heterocycles. The lowest BCUT2D eigenvalue weighted by atomic mass is 9.57. The SMILES string of the molecule is CN(C)c1cc(NC(=S)Nc2ccc(C(=O)O)cc2)c(O)c2c1C[C@H]1C[C@H]3[C@H](N(C)C)C(=O)C(C(N)=O)=C(O)[C@@]3(O)C(=O)C1=C2O. The third-order valence-corrected chi connectivity index (χ3v) is 9.02. The number of aliphatic hydroxyl groups excluding tert-OH is 2. The molecular formula is C31H33N5O9S. The van der Waals surface area contributed by atoms with Crippen LogP contribution in [0.2, 0.25) is 0 Å². The van der Waals surface area contributed by atoms with Crippen molar-refractivity contribution in [1.82, 2.24) is 4.90 Å². The maximum Gasteiger partial charge on any atom is 0.335 e. The molecule has 2 aromatic rings. The number of phenolic OH excluding ortho intramolecular Hbond substituents is 1. The molecule has 0 radical (unpaired) electrons. The highest BCUT2D eigenvalue weighted by atomic mass is 32.1. The lowest BCUT2D eigenvalue weighted by Gasteiger charge is -2.50. The van der Waals surface area contributed by atoms with Crippen LogP contribution in [0, 0.1) is 11.8 Å². The normalized spacial score (nSPS) is 23.8. The van der Waals surface area contributed by atoms with Gasteiger partial charge in [-0.3, -0.25) is 19.3 Å². The van der Waals surface area contributed by atoms with Gasteiger partial charge in [0.1, 0.15) is 22.8 Å². The molecule has 3 aliphatic carbocycles. The van der Waals surface area contributed by atoms with Crippen LogP contribution in [0.25, 0.3) is 5.76 Å². The number of phenols is 1. The van der Waals surface area contributed by atoms with Crippen molar-refractivity contribution in [3.05, 3.63) is 63.9 Å². The van der Waals surface area contributed by atoms with Gasteiger partial charge in [-0.1, -0.05) is 0 Å². The number of likely N-dealkylation sites (N-methyl/N-ethyl adjacent to an activating group) is 1. The molecule has 0 aromatic heterocycles. The smallest absolute Gasteiger partial charge is 0.335 e. The molecule has 1 fully saturated rings. The number of ketones is 2. The zero-order chi connectivity index (χ0) is 34.0. The van der Waals surface area contributed by atoms with Crippen molar-refractivity contribution in [2.45, 2.75) is 24.5 Å². The fourth-order valence-electron chi connectivity index (χ4n) is 6.77. The minimum atomic E-state index is -2.75. The number of amides is 1. The monoisotopic (exact) mass is 651 g/mol. The van der Waals surface area contributed by atoms with Crippen molar-refractivity contribution < 1.29 is 44.7 Å². The van der Waals surface area contributed by atoms with Crippen LogP contribution in [-0.2, 0) is 20.8 Å². The van der Waals surface area contributed by atoms with E-state index in [0.29, 0.717) is 16.9 Å². The molecular weight excluding hydrogens is 618 g/mol. The number of carbonyl (C=O) groups excluding carboxylic acids is 3. The first-order valence-corrected chi connectivity index (χ1v) is 14.5. The van der Waals surface area contributed by atoms with Crippen LogP contribution in [0.4, 0.5) is 17.1 Å². The zero-order valence-corrected chi connectivity index (χ0v) is 26.1. The highest BCUT2D eigenvalue weighted by molar-refractivity contribution is 7.80. The van der Waals surface area contributed by atoms with Gasteiger partial charge in [-0.15, -0.1) is 0 Å². The summed E-state index contributed by atoms with van der Waals surface area (Å²) >= 11 is 5.40. The predicted octanol–water partition coefficient (Wildman–Crippen LogP) is 1.54. The Labute approximate surface area is 268 Å². The van der Waals surface area contributed by atoms with Crippen LogP contribution in [0.1, 0.15) is 27.9 Å². The summed E-state index contributed by atoms with van der Waals surface area (Å²) in [6.45, 7) is 0. The zero-order valence-electron chi connectivity index (χ0n) is 25.3. The molecule has 0 unspecified atom stereocenters. The number of aromatic hydroxyl groups is 1. The molecule has 15 heteroatoms. The van der Waals surface area contributed by atoms with Gasteiger partial charge in [-0.25, -0.2) is 4.79 Å². The van der Waals surface area contributed by atoms with Crippen molar-refractivity contribution in [2.75, 3.05) is 43.7 Å². The van der Waals surface area contributed by atoms with E-state index in [1.165, 1.54) is 43.3 Å². The molecule has 9 N–H and O–H groups in total. The molecule has 242 valence electrons. The Morgan fingerprint density at radius 3 is 2.22 bits per heavy atom. The number of anilines is 3. The van der Waals surface area contributed by atoms with Gasteiger partial charge in [0.15, 0.2) is 16.5 Å². The number of Topliss-reactive ketones (excluding diaryl/α,β-unsaturated/α-hetero) is 2. The summed E-state index contributed by atoms with van der Waals surface area (Å²) in [5.41, 5.74) is 3.02. The number of carboxylic acid groups (broad SMARTS) is 1. The van der Waals surface area contributed by atoms with Crippen LogP contribution >= 0.6 is 12.2 Å². The summed E-state index contributed by atoms with van der Waals surface area (Å²) in [6, 6.07) is 6.21. The summed E-state index contributed by atoms with van der Waals surface area (Å²) in [5, 5.41) is 60.8. The first kappa shape index (κ1) is 32.4. The topological polar surface area (TPSA) is 226 Å². The van der Waals surface area contributed by atoms with E-state index in [9.17, 15) is 39.6 Å². The summed E-state index contributed by atoms with van der Waals surface area (Å²) in [7, 11) is 6.56. The number of aliphatic hydroxyl groups is 3. The second kappa shape index (κ2) is 11.4. The Bertz CT molecular complexity index is 1780. The second-order valence-corrected chi connectivity index (χ2v) is 12.4. The highest BCUT2D eigenvalue weighted by Gasteiger charge is 2.64. The van der Waals surface area contributed by atoms with E-state index in [1.807, 2.05) is 0 Å². The van der Waals surface area contributed by atoms with Crippen molar-refractivity contribution >= 4 is 63.6 Å². The van der Waals surface area contributed by atoms with Gasteiger partial charge in [-0.05, 0) is 81.0 Å². The van der Waals surface area contributed by atoms with Crippen molar-refractivity contribution in [3.63, 3.8) is 0 Å². The molecule has 1 saturated carbocycles. The minimum absolute atomic E-state index is 0.0189. The number of benzene rings is 2. The van der Waals surface area contributed by atoms with E-state index >= 15 is 0 Å². The maximum atomic E-state index is 14.1. The molecule has 0 saturated heterocycles. The number of primary amides is 1. The summed E-state index contributed by atoms with van der Waals surface area (Å²) < 4.78 is 0. The Morgan fingerprint density at radius 1 is 1.04 bits per heavy atom. The van der Waals surface area contributed by atoms with Gasteiger partial charge in [0.05, 0.1) is 22.9 Å². The molecule has 2 aromatic carbocycles. The number of hydrogen-bond donors (Lipinski definition) is 8. The van der Waals surface area contributed by atoms with Crippen LogP contribution in [0.3, 0.4) is 0 Å². The van der Waals surface area contributed by atoms with E-state index in [0.717, 1.165) is 0 Å². The fraction of sp³-hybridized carbons (Fsp3) is 0.323.